The Morgan fingerprint density at radius 3 is 2.68 bits per heavy atom. The highest BCUT2D eigenvalue weighted by molar-refractivity contribution is 5.99. The summed E-state index contributed by atoms with van der Waals surface area (Å²) in [4.78, 5) is 18.2. The molecule has 4 aromatic rings. The van der Waals surface area contributed by atoms with Crippen LogP contribution in [0.2, 0.25) is 0 Å². The predicted molar refractivity (Wildman–Crippen MR) is 142 cm³/mol. The van der Waals surface area contributed by atoms with E-state index in [0.29, 0.717) is 23.4 Å². The number of phenolic OH excluding ortho intramolecular Hbond substituents is 1. The zero-order chi connectivity index (χ0) is 25.5. The minimum Gasteiger partial charge on any atom is -0.508 e. The van der Waals surface area contributed by atoms with Crippen molar-refractivity contribution in [2.24, 2.45) is 5.73 Å². The number of phenols is 1. The fraction of sp³-hybridized carbons (Fsp3) is 0.393. The van der Waals surface area contributed by atoms with E-state index in [9.17, 15) is 5.11 Å². The van der Waals surface area contributed by atoms with Crippen molar-refractivity contribution in [3.05, 3.63) is 48.4 Å². The quantitative estimate of drug-likeness (QED) is 0.421. The second-order valence-corrected chi connectivity index (χ2v) is 10.1. The third-order valence-electron chi connectivity index (χ3n) is 7.66. The van der Waals surface area contributed by atoms with Gasteiger partial charge in [-0.05, 0) is 62.2 Å². The molecule has 0 amide bonds. The predicted octanol–water partition coefficient (Wildman–Crippen LogP) is 4.09. The van der Waals surface area contributed by atoms with Gasteiger partial charge in [0.05, 0.1) is 5.39 Å². The summed E-state index contributed by atoms with van der Waals surface area (Å²) in [5.41, 5.74) is 6.93. The number of hydrogen-bond acceptors (Lipinski definition) is 8. The molecule has 0 spiro atoms. The number of aromatic hydroxyl groups is 1. The number of fused-ring (bicyclic) bond motifs is 2. The van der Waals surface area contributed by atoms with Crippen LogP contribution in [0.4, 0.5) is 10.2 Å². The van der Waals surface area contributed by atoms with Crippen molar-refractivity contribution in [1.29, 1.82) is 0 Å². The molecule has 4 heterocycles. The van der Waals surface area contributed by atoms with E-state index in [-0.39, 0.29) is 35.1 Å². The van der Waals surface area contributed by atoms with Crippen molar-refractivity contribution in [2.45, 2.75) is 37.8 Å². The average molecular weight is 503 g/mol. The maximum atomic E-state index is 16.3. The summed E-state index contributed by atoms with van der Waals surface area (Å²) in [6.45, 7) is 2.92. The molecule has 2 aromatic heterocycles. The van der Waals surface area contributed by atoms with Crippen LogP contribution in [-0.2, 0) is 0 Å². The number of likely N-dealkylation sites (tertiary alicyclic amines) is 1. The van der Waals surface area contributed by atoms with Gasteiger partial charge in [-0.3, -0.25) is 4.98 Å². The van der Waals surface area contributed by atoms with Crippen LogP contribution < -0.4 is 15.4 Å². The van der Waals surface area contributed by atoms with Gasteiger partial charge in [0.15, 0.2) is 5.82 Å². The van der Waals surface area contributed by atoms with Crippen molar-refractivity contribution >= 4 is 27.5 Å². The number of aromatic nitrogens is 3. The highest BCUT2D eigenvalue weighted by atomic mass is 19.1. The minimum absolute atomic E-state index is 0.0488. The van der Waals surface area contributed by atoms with Crippen molar-refractivity contribution in [3.63, 3.8) is 0 Å². The number of piperidine rings is 1. The highest BCUT2D eigenvalue weighted by Crippen LogP contribution is 2.37. The van der Waals surface area contributed by atoms with Gasteiger partial charge in [0.25, 0.3) is 0 Å². The Hall–Kier alpha value is -3.56. The number of benzene rings is 2. The van der Waals surface area contributed by atoms with Crippen molar-refractivity contribution in [1.82, 2.24) is 19.9 Å². The van der Waals surface area contributed by atoms with E-state index in [1.54, 1.807) is 18.3 Å². The van der Waals surface area contributed by atoms with Gasteiger partial charge >= 0.3 is 6.01 Å². The van der Waals surface area contributed by atoms with E-state index in [0.717, 1.165) is 56.1 Å². The molecule has 2 aliphatic heterocycles. The number of pyridine rings is 1. The Labute approximate surface area is 214 Å². The molecule has 3 N–H and O–H groups in total. The molecule has 0 bridgehead atoms. The van der Waals surface area contributed by atoms with Crippen LogP contribution in [0.1, 0.15) is 25.7 Å². The smallest absolute Gasteiger partial charge is 0.319 e. The number of nitrogens with zero attached hydrogens (tertiary/aromatic N) is 5. The van der Waals surface area contributed by atoms with Crippen LogP contribution in [-0.4, -0.2) is 70.3 Å². The van der Waals surface area contributed by atoms with Crippen LogP contribution >= 0.6 is 0 Å². The number of rotatable bonds is 5. The number of halogens is 1. The molecule has 8 nitrogen and oxygen atoms in total. The Bertz CT molecular complexity index is 1460. The van der Waals surface area contributed by atoms with Crippen molar-refractivity contribution in [3.8, 4) is 23.0 Å². The molecular weight excluding hydrogens is 471 g/mol. The lowest BCUT2D eigenvalue weighted by atomic mass is 10.00. The zero-order valence-electron chi connectivity index (χ0n) is 20.9. The summed E-state index contributed by atoms with van der Waals surface area (Å²) in [7, 11) is 2.09. The summed E-state index contributed by atoms with van der Waals surface area (Å²) in [5.74, 6) is 0.103. The lowest BCUT2D eigenvalue weighted by Gasteiger charge is -2.31. The standard InChI is InChI=1S/C28H31FN6O2/c1-34-10-4-6-19(34)16-37-28-32-26-23(27(33-28)35-11-8-18(30)9-12-35)15-31-25(24(26)29)22-14-20(36)13-17-5-2-3-7-21(17)22/h2-3,5,7,13-15,18-19,36H,4,6,8-12,16,30H2,1H3. The summed E-state index contributed by atoms with van der Waals surface area (Å²) < 4.78 is 22.3. The van der Waals surface area contributed by atoms with E-state index in [1.165, 1.54) is 0 Å². The molecule has 2 saturated heterocycles. The summed E-state index contributed by atoms with van der Waals surface area (Å²) in [6.07, 6.45) is 5.47. The van der Waals surface area contributed by atoms with Gasteiger partial charge in [0.1, 0.15) is 29.4 Å². The first kappa shape index (κ1) is 23.8. The first-order valence-electron chi connectivity index (χ1n) is 12.9. The summed E-state index contributed by atoms with van der Waals surface area (Å²) >= 11 is 0. The zero-order valence-corrected chi connectivity index (χ0v) is 20.9. The molecule has 192 valence electrons. The minimum atomic E-state index is -0.562. The average Bonchev–Trinajstić information content (AvgIpc) is 3.32. The second-order valence-electron chi connectivity index (χ2n) is 10.1. The van der Waals surface area contributed by atoms with Crippen LogP contribution in [0.5, 0.6) is 11.8 Å². The highest BCUT2D eigenvalue weighted by Gasteiger charge is 2.26. The Morgan fingerprint density at radius 2 is 1.89 bits per heavy atom. The van der Waals surface area contributed by atoms with Gasteiger partial charge in [-0.25, -0.2) is 4.39 Å². The van der Waals surface area contributed by atoms with Crippen LogP contribution in [0.3, 0.4) is 0 Å². The van der Waals surface area contributed by atoms with Gasteiger partial charge in [0.2, 0.25) is 0 Å². The third-order valence-corrected chi connectivity index (χ3v) is 7.66. The molecule has 0 saturated carbocycles. The normalized spacial score (nSPS) is 19.2. The SMILES string of the molecule is CN1CCCC1COc1nc(N2CCC(N)CC2)c2cnc(-c3cc(O)cc4ccccc34)c(F)c2n1. The molecule has 0 radical (unpaired) electrons. The number of ether oxygens (including phenoxy) is 1. The van der Waals surface area contributed by atoms with E-state index >= 15 is 4.39 Å². The van der Waals surface area contributed by atoms with Gasteiger partial charge in [-0.2, -0.15) is 9.97 Å². The van der Waals surface area contributed by atoms with Gasteiger partial charge in [0, 0.05) is 36.9 Å². The van der Waals surface area contributed by atoms with E-state index in [2.05, 4.69) is 26.8 Å². The summed E-state index contributed by atoms with van der Waals surface area (Å²) in [5, 5.41) is 12.5. The first-order valence-corrected chi connectivity index (χ1v) is 12.9. The van der Waals surface area contributed by atoms with Crippen molar-refractivity contribution < 1.29 is 14.2 Å². The van der Waals surface area contributed by atoms with E-state index in [4.69, 9.17) is 15.5 Å². The van der Waals surface area contributed by atoms with Crippen LogP contribution in [0, 0.1) is 5.82 Å². The molecular formula is C28H31FN6O2. The molecule has 2 aliphatic rings. The fourth-order valence-electron chi connectivity index (χ4n) is 5.48. The molecule has 6 rings (SSSR count). The van der Waals surface area contributed by atoms with Crippen LogP contribution in [0.25, 0.3) is 32.9 Å². The maximum absolute atomic E-state index is 16.3. The second kappa shape index (κ2) is 9.72. The third kappa shape index (κ3) is 4.53. The fourth-order valence-corrected chi connectivity index (χ4v) is 5.48. The Morgan fingerprint density at radius 1 is 1.08 bits per heavy atom. The molecule has 9 heteroatoms. The number of anilines is 1. The van der Waals surface area contributed by atoms with Gasteiger partial charge < -0.3 is 25.4 Å². The molecule has 1 atom stereocenters. The number of nitrogens with two attached hydrogens (primary N) is 1. The monoisotopic (exact) mass is 502 g/mol. The molecule has 2 fully saturated rings. The van der Waals surface area contributed by atoms with Gasteiger partial charge in [-0.15, -0.1) is 0 Å². The topological polar surface area (TPSA) is 101 Å². The van der Waals surface area contributed by atoms with E-state index < -0.39 is 5.82 Å². The van der Waals surface area contributed by atoms with Gasteiger partial charge in [-0.1, -0.05) is 24.3 Å². The first-order chi connectivity index (χ1) is 18.0. The molecule has 0 aliphatic carbocycles. The Balaban J connectivity index is 1.47. The lowest BCUT2D eigenvalue weighted by Crippen LogP contribution is -2.40. The molecule has 1 unspecified atom stereocenters. The lowest BCUT2D eigenvalue weighted by molar-refractivity contribution is 0.188. The number of hydrogen-bond donors (Lipinski definition) is 2. The summed E-state index contributed by atoms with van der Waals surface area (Å²) in [6, 6.07) is 11.3. The molecule has 2 aromatic carbocycles. The largest absolute Gasteiger partial charge is 0.508 e. The van der Waals surface area contributed by atoms with E-state index in [1.807, 2.05) is 24.3 Å². The molecule has 37 heavy (non-hydrogen) atoms. The van der Waals surface area contributed by atoms with Crippen LogP contribution in [0.15, 0.2) is 42.6 Å². The Kier molecular flexibility index (Phi) is 6.26. The maximum Gasteiger partial charge on any atom is 0.319 e. The number of likely N-dealkylation sites (N-methyl/N-ethyl adjacent to an activating group) is 1. The van der Waals surface area contributed by atoms with Crippen molar-refractivity contribution in [2.75, 3.05) is 38.2 Å².